The summed E-state index contributed by atoms with van der Waals surface area (Å²) in [7, 11) is 0. The van der Waals surface area contributed by atoms with Crippen LogP contribution in [0.15, 0.2) is 4.52 Å². The van der Waals surface area contributed by atoms with Crippen molar-refractivity contribution in [2.75, 3.05) is 19.6 Å². The summed E-state index contributed by atoms with van der Waals surface area (Å²) in [6.45, 7) is 3.16. The van der Waals surface area contributed by atoms with Crippen LogP contribution in [-0.2, 0) is 0 Å². The predicted octanol–water partition coefficient (Wildman–Crippen LogP) is 1.35. The fourth-order valence-electron chi connectivity index (χ4n) is 2.69. The molecule has 2 atom stereocenters. The first kappa shape index (κ1) is 11.2. The van der Waals surface area contributed by atoms with Crippen molar-refractivity contribution < 1.29 is 4.52 Å². The van der Waals surface area contributed by atoms with Crippen LogP contribution in [0.25, 0.3) is 0 Å². The first-order chi connectivity index (χ1) is 8.43. The summed E-state index contributed by atoms with van der Waals surface area (Å²) < 4.78 is 5.41. The van der Waals surface area contributed by atoms with E-state index in [1.54, 1.807) is 0 Å². The van der Waals surface area contributed by atoms with E-state index in [4.69, 9.17) is 4.52 Å². The van der Waals surface area contributed by atoms with Gasteiger partial charge in [-0.2, -0.15) is 4.98 Å². The summed E-state index contributed by atoms with van der Waals surface area (Å²) >= 11 is 0. The normalized spacial score (nSPS) is 30.4. The first-order valence-electron chi connectivity index (χ1n) is 6.71. The van der Waals surface area contributed by atoms with Gasteiger partial charge in [-0.05, 0) is 38.8 Å². The van der Waals surface area contributed by atoms with E-state index in [1.165, 1.54) is 25.7 Å². The Morgan fingerprint density at radius 1 is 1.12 bits per heavy atom. The lowest BCUT2D eigenvalue weighted by Crippen LogP contribution is -2.29. The van der Waals surface area contributed by atoms with Crippen molar-refractivity contribution in [1.29, 1.82) is 0 Å². The average Bonchev–Trinajstić information content (AvgIpc) is 2.90. The van der Waals surface area contributed by atoms with Crippen molar-refractivity contribution in [2.24, 2.45) is 0 Å². The molecule has 5 heteroatoms. The second kappa shape index (κ2) is 5.14. The van der Waals surface area contributed by atoms with Gasteiger partial charge in [0.2, 0.25) is 5.89 Å². The number of hydrogen-bond donors (Lipinski definition) is 2. The Morgan fingerprint density at radius 2 is 2.12 bits per heavy atom. The molecule has 0 spiro atoms. The molecule has 3 rings (SSSR count). The molecule has 0 bridgehead atoms. The summed E-state index contributed by atoms with van der Waals surface area (Å²) in [6.07, 6.45) is 6.00. The van der Waals surface area contributed by atoms with Crippen molar-refractivity contribution in [2.45, 2.75) is 44.1 Å². The van der Waals surface area contributed by atoms with Gasteiger partial charge in [0.15, 0.2) is 5.82 Å². The minimum atomic E-state index is 0.279. The van der Waals surface area contributed by atoms with Gasteiger partial charge in [-0.15, -0.1) is 0 Å². The Kier molecular flexibility index (Phi) is 3.38. The van der Waals surface area contributed by atoms with Gasteiger partial charge >= 0.3 is 0 Å². The molecule has 94 valence electrons. The molecule has 1 aromatic rings. The van der Waals surface area contributed by atoms with Gasteiger partial charge in [0.1, 0.15) is 0 Å². The van der Waals surface area contributed by atoms with E-state index in [0.717, 1.165) is 37.8 Å². The van der Waals surface area contributed by atoms with Gasteiger partial charge in [-0.25, -0.2) is 0 Å². The minimum absolute atomic E-state index is 0.279. The van der Waals surface area contributed by atoms with Crippen molar-refractivity contribution in [1.82, 2.24) is 20.8 Å². The molecular formula is C12H20N4O. The van der Waals surface area contributed by atoms with Crippen molar-refractivity contribution in [3.8, 4) is 0 Å². The minimum Gasteiger partial charge on any atom is -0.338 e. The Labute approximate surface area is 101 Å². The van der Waals surface area contributed by atoms with Crippen LogP contribution in [-0.4, -0.2) is 29.8 Å². The molecular weight excluding hydrogens is 216 g/mol. The second-order valence-electron chi connectivity index (χ2n) is 5.04. The molecule has 2 aliphatic rings. The molecule has 2 N–H and O–H groups in total. The molecule has 0 saturated carbocycles. The first-order valence-corrected chi connectivity index (χ1v) is 6.71. The lowest BCUT2D eigenvalue weighted by Gasteiger charge is -2.20. The summed E-state index contributed by atoms with van der Waals surface area (Å²) in [5.41, 5.74) is 0. The topological polar surface area (TPSA) is 63.0 Å². The third-order valence-corrected chi connectivity index (χ3v) is 3.73. The number of rotatable bonds is 2. The maximum Gasteiger partial charge on any atom is 0.243 e. The quantitative estimate of drug-likeness (QED) is 0.811. The SMILES string of the molecule is C1CCC(c2nc(C3CCCNC3)no2)NC1. The van der Waals surface area contributed by atoms with Gasteiger partial charge in [-0.1, -0.05) is 11.6 Å². The van der Waals surface area contributed by atoms with Crippen LogP contribution < -0.4 is 10.6 Å². The number of aromatic nitrogens is 2. The highest BCUT2D eigenvalue weighted by atomic mass is 16.5. The highest BCUT2D eigenvalue weighted by Gasteiger charge is 2.25. The third-order valence-electron chi connectivity index (χ3n) is 3.73. The number of nitrogens with one attached hydrogen (secondary N) is 2. The van der Waals surface area contributed by atoms with Crippen molar-refractivity contribution in [3.05, 3.63) is 11.7 Å². The number of piperidine rings is 2. The van der Waals surface area contributed by atoms with Crippen LogP contribution in [0, 0.1) is 0 Å². The van der Waals surface area contributed by atoms with Gasteiger partial charge < -0.3 is 15.2 Å². The Balaban J connectivity index is 1.68. The average molecular weight is 236 g/mol. The lowest BCUT2D eigenvalue weighted by atomic mass is 9.99. The maximum absolute atomic E-state index is 5.41. The van der Waals surface area contributed by atoms with Crippen molar-refractivity contribution >= 4 is 0 Å². The predicted molar refractivity (Wildman–Crippen MR) is 63.7 cm³/mol. The fraction of sp³-hybridized carbons (Fsp3) is 0.833. The van der Waals surface area contributed by atoms with Crippen LogP contribution in [0.2, 0.25) is 0 Å². The molecule has 17 heavy (non-hydrogen) atoms. The largest absolute Gasteiger partial charge is 0.338 e. The molecule has 2 fully saturated rings. The monoisotopic (exact) mass is 236 g/mol. The van der Waals surface area contributed by atoms with Crippen LogP contribution in [0.5, 0.6) is 0 Å². The summed E-state index contributed by atoms with van der Waals surface area (Å²) in [4.78, 5) is 4.58. The fourth-order valence-corrected chi connectivity index (χ4v) is 2.69. The molecule has 2 saturated heterocycles. The Bertz CT molecular complexity index is 321. The third kappa shape index (κ3) is 2.50. The molecule has 0 amide bonds. The summed E-state index contributed by atoms with van der Waals surface area (Å²) in [5, 5.41) is 11.0. The molecule has 5 nitrogen and oxygen atoms in total. The van der Waals surface area contributed by atoms with Crippen LogP contribution in [0.1, 0.15) is 55.8 Å². The van der Waals surface area contributed by atoms with E-state index in [9.17, 15) is 0 Å². The van der Waals surface area contributed by atoms with Gasteiger partial charge in [0.25, 0.3) is 0 Å². The van der Waals surface area contributed by atoms with Crippen molar-refractivity contribution in [3.63, 3.8) is 0 Å². The van der Waals surface area contributed by atoms with Crippen LogP contribution >= 0.6 is 0 Å². The van der Waals surface area contributed by atoms with Crippen LogP contribution in [0.3, 0.4) is 0 Å². The second-order valence-corrected chi connectivity index (χ2v) is 5.04. The molecule has 0 aromatic carbocycles. The molecule has 0 radical (unpaired) electrons. The Hall–Kier alpha value is -0.940. The highest BCUT2D eigenvalue weighted by Crippen LogP contribution is 2.25. The zero-order chi connectivity index (χ0) is 11.5. The molecule has 1 aromatic heterocycles. The Morgan fingerprint density at radius 3 is 2.88 bits per heavy atom. The smallest absolute Gasteiger partial charge is 0.243 e. The molecule has 3 heterocycles. The van der Waals surface area contributed by atoms with E-state index in [-0.39, 0.29) is 6.04 Å². The van der Waals surface area contributed by atoms with E-state index < -0.39 is 0 Å². The van der Waals surface area contributed by atoms with Gasteiger partial charge in [-0.3, -0.25) is 0 Å². The lowest BCUT2D eigenvalue weighted by molar-refractivity contribution is 0.294. The van der Waals surface area contributed by atoms with Gasteiger partial charge in [0, 0.05) is 12.5 Å². The zero-order valence-corrected chi connectivity index (χ0v) is 10.1. The highest BCUT2D eigenvalue weighted by molar-refractivity contribution is 5.01. The van der Waals surface area contributed by atoms with Crippen LogP contribution in [0.4, 0.5) is 0 Å². The van der Waals surface area contributed by atoms with E-state index in [2.05, 4.69) is 20.8 Å². The number of nitrogens with zero attached hydrogens (tertiary/aromatic N) is 2. The summed E-state index contributed by atoms with van der Waals surface area (Å²) in [6, 6.07) is 0.279. The molecule has 2 unspecified atom stereocenters. The van der Waals surface area contributed by atoms with E-state index in [1.807, 2.05) is 0 Å². The standard InChI is InChI=1S/C12H20N4O/c1-2-7-14-10(5-1)12-15-11(16-17-12)9-4-3-6-13-8-9/h9-10,13-14H,1-8H2. The summed E-state index contributed by atoms with van der Waals surface area (Å²) in [5.74, 6) is 2.11. The van der Waals surface area contributed by atoms with E-state index >= 15 is 0 Å². The number of hydrogen-bond acceptors (Lipinski definition) is 5. The van der Waals surface area contributed by atoms with E-state index in [0.29, 0.717) is 5.92 Å². The zero-order valence-electron chi connectivity index (χ0n) is 10.1. The maximum atomic E-state index is 5.41. The molecule has 2 aliphatic heterocycles. The van der Waals surface area contributed by atoms with Gasteiger partial charge in [0.05, 0.1) is 6.04 Å². The molecule has 0 aliphatic carbocycles.